The fraction of sp³-hybridized carbons (Fsp3) is 0.857. The fourth-order valence-electron chi connectivity index (χ4n) is 0.770. The Kier molecular flexibility index (Phi) is 8.37. The zero-order valence-corrected chi connectivity index (χ0v) is 8.23. The second kappa shape index (κ2) is 8.67. The molecule has 0 saturated heterocycles. The number of hydroxylamine groups is 1. The Bertz CT molecular complexity index is 130. The third-order valence-electron chi connectivity index (χ3n) is 1.40. The number of hydrogen-bond acceptors (Lipinski definition) is 3. The first kappa shape index (κ1) is 11.6. The van der Waals surface area contributed by atoms with Crippen LogP contribution in [0.25, 0.3) is 0 Å². The van der Waals surface area contributed by atoms with Crippen molar-refractivity contribution < 1.29 is 5.21 Å². The van der Waals surface area contributed by atoms with Gasteiger partial charge in [0.25, 0.3) is 0 Å². The van der Waals surface area contributed by atoms with Gasteiger partial charge < -0.3 is 5.73 Å². The summed E-state index contributed by atoms with van der Waals surface area (Å²) in [7, 11) is 0. The molecule has 0 atom stereocenters. The number of unbranched alkanes of at least 4 members (excludes halogenated alkanes) is 2. The molecule has 0 aliphatic heterocycles. The molecule has 0 radical (unpaired) electrons. The third kappa shape index (κ3) is 7.68. The first-order valence-electron chi connectivity index (χ1n) is 4.00. The molecule has 0 amide bonds. The number of nitrogens with zero attached hydrogens (tertiary/aromatic N) is 1. The molecule has 0 aromatic rings. The zero-order chi connectivity index (χ0) is 9.23. The van der Waals surface area contributed by atoms with E-state index in [4.69, 9.17) is 10.9 Å². The van der Waals surface area contributed by atoms with Gasteiger partial charge >= 0.3 is 0 Å². The van der Waals surface area contributed by atoms with Crippen LogP contribution in [0.4, 0.5) is 0 Å². The standard InChI is InChI=1S/C7H17N3OS/c1-12-6-4-2-3-5-9-7(8)10-11/h11H,2-6H2,1H3,(H3,8,9,10). The molecule has 0 fully saturated rings. The van der Waals surface area contributed by atoms with Crippen LogP contribution in [0.15, 0.2) is 4.99 Å². The highest BCUT2D eigenvalue weighted by Crippen LogP contribution is 2.01. The minimum Gasteiger partial charge on any atom is -0.368 e. The van der Waals surface area contributed by atoms with E-state index < -0.39 is 0 Å². The van der Waals surface area contributed by atoms with Crippen LogP contribution in [-0.4, -0.2) is 29.7 Å². The molecule has 0 spiro atoms. The molecule has 0 bridgehead atoms. The quantitative estimate of drug-likeness (QED) is 0.251. The average Bonchev–Trinajstić information content (AvgIpc) is 2.10. The summed E-state index contributed by atoms with van der Waals surface area (Å²) in [4.78, 5) is 3.87. The highest BCUT2D eigenvalue weighted by molar-refractivity contribution is 7.98. The van der Waals surface area contributed by atoms with Crippen molar-refractivity contribution in [3.63, 3.8) is 0 Å². The van der Waals surface area contributed by atoms with Crippen molar-refractivity contribution in [1.29, 1.82) is 0 Å². The van der Waals surface area contributed by atoms with Crippen molar-refractivity contribution in [3.05, 3.63) is 0 Å². The van der Waals surface area contributed by atoms with Gasteiger partial charge in [-0.05, 0) is 24.9 Å². The van der Waals surface area contributed by atoms with Crippen LogP contribution in [0, 0.1) is 0 Å². The molecular weight excluding hydrogens is 174 g/mol. The van der Waals surface area contributed by atoms with Crippen LogP contribution < -0.4 is 11.2 Å². The Balaban J connectivity index is 3.10. The van der Waals surface area contributed by atoms with Gasteiger partial charge in [0.15, 0.2) is 0 Å². The Morgan fingerprint density at radius 1 is 1.50 bits per heavy atom. The summed E-state index contributed by atoms with van der Waals surface area (Å²) in [6, 6.07) is 0. The third-order valence-corrected chi connectivity index (χ3v) is 2.10. The predicted molar refractivity (Wildman–Crippen MR) is 53.6 cm³/mol. The summed E-state index contributed by atoms with van der Waals surface area (Å²) in [5, 5.41) is 8.27. The number of thioether (sulfide) groups is 1. The maximum atomic E-state index is 8.27. The number of rotatable bonds is 6. The Labute approximate surface area is 77.6 Å². The van der Waals surface area contributed by atoms with E-state index in [1.165, 1.54) is 18.6 Å². The molecular formula is C7H17N3OS. The van der Waals surface area contributed by atoms with Crippen molar-refractivity contribution in [3.8, 4) is 0 Å². The molecule has 0 aromatic carbocycles. The molecule has 72 valence electrons. The van der Waals surface area contributed by atoms with Crippen molar-refractivity contribution in [2.45, 2.75) is 19.3 Å². The molecule has 12 heavy (non-hydrogen) atoms. The largest absolute Gasteiger partial charge is 0.368 e. The highest BCUT2D eigenvalue weighted by atomic mass is 32.2. The van der Waals surface area contributed by atoms with Crippen LogP contribution >= 0.6 is 11.8 Å². The maximum Gasteiger partial charge on any atom is 0.212 e. The van der Waals surface area contributed by atoms with Crippen LogP contribution in [-0.2, 0) is 0 Å². The van der Waals surface area contributed by atoms with Gasteiger partial charge in [0.1, 0.15) is 0 Å². The van der Waals surface area contributed by atoms with Gasteiger partial charge in [0.05, 0.1) is 0 Å². The lowest BCUT2D eigenvalue weighted by molar-refractivity contribution is 0.232. The first-order chi connectivity index (χ1) is 5.81. The van der Waals surface area contributed by atoms with Crippen molar-refractivity contribution >= 4 is 17.7 Å². The summed E-state index contributed by atoms with van der Waals surface area (Å²) in [5.41, 5.74) is 6.99. The Hall–Kier alpha value is -0.420. The average molecular weight is 191 g/mol. The monoisotopic (exact) mass is 191 g/mol. The molecule has 0 rings (SSSR count). The van der Waals surface area contributed by atoms with Crippen molar-refractivity contribution in [2.24, 2.45) is 10.7 Å². The summed E-state index contributed by atoms with van der Waals surface area (Å²) in [6.45, 7) is 0.688. The molecule has 5 heteroatoms. The molecule has 4 N–H and O–H groups in total. The minimum absolute atomic E-state index is 0.0971. The van der Waals surface area contributed by atoms with Gasteiger partial charge in [-0.3, -0.25) is 10.2 Å². The van der Waals surface area contributed by atoms with E-state index in [0.29, 0.717) is 6.54 Å². The van der Waals surface area contributed by atoms with Crippen molar-refractivity contribution in [2.75, 3.05) is 18.6 Å². The van der Waals surface area contributed by atoms with Gasteiger partial charge in [-0.1, -0.05) is 6.42 Å². The van der Waals surface area contributed by atoms with Crippen LogP contribution in [0.1, 0.15) is 19.3 Å². The SMILES string of the molecule is CSCCCCCN=C(N)NO. The molecule has 0 heterocycles. The highest BCUT2D eigenvalue weighted by Gasteiger charge is 1.88. The summed E-state index contributed by atoms with van der Waals surface area (Å²) < 4.78 is 0. The van der Waals surface area contributed by atoms with Crippen LogP contribution in [0.3, 0.4) is 0 Å². The summed E-state index contributed by atoms with van der Waals surface area (Å²) in [5.74, 6) is 1.30. The lowest BCUT2D eigenvalue weighted by atomic mass is 10.2. The lowest BCUT2D eigenvalue weighted by Crippen LogP contribution is -2.28. The molecule has 0 aromatic heterocycles. The van der Waals surface area contributed by atoms with E-state index >= 15 is 0 Å². The molecule has 0 aliphatic carbocycles. The summed E-state index contributed by atoms with van der Waals surface area (Å²) >= 11 is 1.86. The Morgan fingerprint density at radius 2 is 2.25 bits per heavy atom. The normalized spacial score (nSPS) is 11.7. The molecule has 0 unspecified atom stereocenters. The maximum absolute atomic E-state index is 8.27. The zero-order valence-electron chi connectivity index (χ0n) is 7.42. The van der Waals surface area contributed by atoms with E-state index in [1.54, 1.807) is 5.48 Å². The topological polar surface area (TPSA) is 70.6 Å². The van der Waals surface area contributed by atoms with E-state index in [-0.39, 0.29) is 5.96 Å². The number of nitrogens with two attached hydrogens (primary N) is 1. The predicted octanol–water partition coefficient (Wildman–Crippen LogP) is 0.813. The van der Waals surface area contributed by atoms with E-state index in [0.717, 1.165) is 6.42 Å². The molecule has 0 saturated carbocycles. The van der Waals surface area contributed by atoms with E-state index in [1.807, 2.05) is 11.8 Å². The first-order valence-corrected chi connectivity index (χ1v) is 5.39. The van der Waals surface area contributed by atoms with Gasteiger partial charge in [0, 0.05) is 6.54 Å². The summed E-state index contributed by atoms with van der Waals surface area (Å²) in [6.07, 6.45) is 5.53. The van der Waals surface area contributed by atoms with Gasteiger partial charge in [0.2, 0.25) is 5.96 Å². The lowest BCUT2D eigenvalue weighted by Gasteiger charge is -1.98. The van der Waals surface area contributed by atoms with Gasteiger partial charge in [-0.25, -0.2) is 5.48 Å². The molecule has 0 aliphatic rings. The second-order valence-corrected chi connectivity index (χ2v) is 3.42. The number of aliphatic imine (C=N–C) groups is 1. The fourth-order valence-corrected chi connectivity index (χ4v) is 1.26. The number of nitrogens with one attached hydrogen (secondary N) is 1. The molecule has 4 nitrogen and oxygen atoms in total. The van der Waals surface area contributed by atoms with E-state index in [2.05, 4.69) is 11.2 Å². The van der Waals surface area contributed by atoms with Crippen molar-refractivity contribution in [1.82, 2.24) is 5.48 Å². The minimum atomic E-state index is 0.0971. The van der Waals surface area contributed by atoms with E-state index in [9.17, 15) is 0 Å². The number of hydrogen-bond donors (Lipinski definition) is 3. The smallest absolute Gasteiger partial charge is 0.212 e. The van der Waals surface area contributed by atoms with Crippen LogP contribution in [0.2, 0.25) is 0 Å². The number of guanidine groups is 1. The second-order valence-electron chi connectivity index (χ2n) is 2.43. The van der Waals surface area contributed by atoms with Gasteiger partial charge in [-0.15, -0.1) is 0 Å². The Morgan fingerprint density at radius 3 is 2.83 bits per heavy atom. The van der Waals surface area contributed by atoms with Gasteiger partial charge in [-0.2, -0.15) is 11.8 Å². The van der Waals surface area contributed by atoms with Crippen LogP contribution in [0.5, 0.6) is 0 Å².